The third-order valence-electron chi connectivity index (χ3n) is 4.48. The van der Waals surface area contributed by atoms with Crippen molar-refractivity contribution in [2.75, 3.05) is 36.4 Å². The van der Waals surface area contributed by atoms with Gasteiger partial charge in [0.15, 0.2) is 0 Å². The number of aryl methyl sites for hydroxylation is 1. The van der Waals surface area contributed by atoms with Crippen LogP contribution >= 0.6 is 11.3 Å². The van der Waals surface area contributed by atoms with Crippen LogP contribution < -0.4 is 15.5 Å². The number of carbonyl (C=O) groups excluding carboxylic acids is 1. The van der Waals surface area contributed by atoms with Crippen LogP contribution in [-0.2, 0) is 0 Å². The number of pyridine rings is 2. The highest BCUT2D eigenvalue weighted by molar-refractivity contribution is 7.15. The van der Waals surface area contributed by atoms with Gasteiger partial charge in [0.2, 0.25) is 0 Å². The van der Waals surface area contributed by atoms with E-state index in [1.807, 2.05) is 24.3 Å². The van der Waals surface area contributed by atoms with Crippen LogP contribution in [0.15, 0.2) is 48.8 Å². The molecule has 138 valence electrons. The zero-order valence-corrected chi connectivity index (χ0v) is 15.9. The maximum Gasteiger partial charge on any atom is 0.274 e. The predicted octanol–water partition coefficient (Wildman–Crippen LogP) is 3.18. The summed E-state index contributed by atoms with van der Waals surface area (Å²) in [6.07, 6.45) is 3.45. The maximum absolute atomic E-state index is 12.8. The molecule has 1 amide bonds. The molecule has 27 heavy (non-hydrogen) atoms. The smallest absolute Gasteiger partial charge is 0.274 e. The summed E-state index contributed by atoms with van der Waals surface area (Å²) in [4.78, 5) is 26.1. The van der Waals surface area contributed by atoms with E-state index in [-0.39, 0.29) is 5.91 Å². The van der Waals surface area contributed by atoms with E-state index < -0.39 is 0 Å². The molecule has 7 heteroatoms. The molecule has 3 aromatic rings. The lowest BCUT2D eigenvalue weighted by atomic mass is 10.2. The number of hydrogen-bond donors (Lipinski definition) is 2. The van der Waals surface area contributed by atoms with Crippen molar-refractivity contribution < 1.29 is 4.79 Å². The lowest BCUT2D eigenvalue weighted by molar-refractivity contribution is 0.102. The van der Waals surface area contributed by atoms with Crippen LogP contribution in [0.4, 0.5) is 11.4 Å². The molecule has 1 saturated heterocycles. The maximum atomic E-state index is 12.8. The van der Waals surface area contributed by atoms with E-state index in [0.29, 0.717) is 11.4 Å². The molecule has 0 radical (unpaired) electrons. The minimum atomic E-state index is -0.227. The van der Waals surface area contributed by atoms with Crippen molar-refractivity contribution in [3.8, 4) is 10.6 Å². The summed E-state index contributed by atoms with van der Waals surface area (Å²) < 4.78 is 0. The molecule has 4 rings (SSSR count). The third kappa shape index (κ3) is 3.99. The molecule has 0 unspecified atom stereocenters. The van der Waals surface area contributed by atoms with Crippen molar-refractivity contribution in [2.45, 2.75) is 6.92 Å². The number of amides is 1. The lowest BCUT2D eigenvalue weighted by Crippen LogP contribution is -2.43. The number of piperazine rings is 1. The monoisotopic (exact) mass is 379 g/mol. The number of aromatic nitrogens is 2. The fourth-order valence-corrected chi connectivity index (χ4v) is 3.96. The topological polar surface area (TPSA) is 70.2 Å². The minimum Gasteiger partial charge on any atom is -0.367 e. The number of rotatable bonds is 4. The second kappa shape index (κ2) is 7.85. The van der Waals surface area contributed by atoms with E-state index in [2.05, 4.69) is 38.5 Å². The number of carbonyl (C=O) groups is 1. The van der Waals surface area contributed by atoms with Crippen LogP contribution in [0.5, 0.6) is 0 Å². The molecule has 1 fully saturated rings. The van der Waals surface area contributed by atoms with Crippen LogP contribution in [0.25, 0.3) is 10.6 Å². The van der Waals surface area contributed by atoms with E-state index in [0.717, 1.165) is 42.4 Å². The largest absolute Gasteiger partial charge is 0.367 e. The number of anilines is 2. The molecule has 3 aromatic heterocycles. The lowest BCUT2D eigenvalue weighted by Gasteiger charge is -2.30. The Morgan fingerprint density at radius 2 is 2.04 bits per heavy atom. The fourth-order valence-electron chi connectivity index (χ4n) is 3.12. The normalized spacial score (nSPS) is 14.2. The molecule has 1 aliphatic heterocycles. The first kappa shape index (κ1) is 17.6. The summed E-state index contributed by atoms with van der Waals surface area (Å²) in [5, 5.41) is 6.33. The quantitative estimate of drug-likeness (QED) is 0.729. The van der Waals surface area contributed by atoms with Gasteiger partial charge < -0.3 is 15.5 Å². The van der Waals surface area contributed by atoms with Gasteiger partial charge >= 0.3 is 0 Å². The average Bonchev–Trinajstić information content (AvgIpc) is 3.15. The standard InChI is InChI=1S/C20H21N5OS/c1-14-5-6-19(27-14)15-3-2-4-16(23-15)20(26)24-17-13-22-8-7-18(17)25-11-9-21-10-12-25/h2-8,13,21H,9-12H2,1H3,(H,24,26). The van der Waals surface area contributed by atoms with E-state index in [1.165, 1.54) is 4.88 Å². The van der Waals surface area contributed by atoms with Gasteiger partial charge in [-0.3, -0.25) is 9.78 Å². The molecule has 6 nitrogen and oxygen atoms in total. The Morgan fingerprint density at radius 1 is 1.19 bits per heavy atom. The van der Waals surface area contributed by atoms with Gasteiger partial charge in [-0.25, -0.2) is 4.98 Å². The van der Waals surface area contributed by atoms with Gasteiger partial charge in [0.05, 0.1) is 28.1 Å². The SMILES string of the molecule is Cc1ccc(-c2cccc(C(=O)Nc3cnccc3N3CCNCC3)n2)s1. The molecule has 4 heterocycles. The number of hydrogen-bond acceptors (Lipinski definition) is 6. The van der Waals surface area contributed by atoms with Gasteiger partial charge in [0.1, 0.15) is 5.69 Å². The molecule has 0 spiro atoms. The van der Waals surface area contributed by atoms with Crippen molar-refractivity contribution in [3.05, 3.63) is 59.4 Å². The Labute approximate surface area is 162 Å². The second-order valence-corrected chi connectivity index (χ2v) is 7.69. The van der Waals surface area contributed by atoms with Gasteiger partial charge in [-0.05, 0) is 37.3 Å². The Balaban J connectivity index is 1.56. The first-order chi connectivity index (χ1) is 13.2. The Morgan fingerprint density at radius 3 is 2.81 bits per heavy atom. The highest BCUT2D eigenvalue weighted by Crippen LogP contribution is 2.27. The van der Waals surface area contributed by atoms with Crippen molar-refractivity contribution in [3.63, 3.8) is 0 Å². The number of nitrogens with one attached hydrogen (secondary N) is 2. The summed E-state index contributed by atoms with van der Waals surface area (Å²) in [5.74, 6) is -0.227. The second-order valence-electron chi connectivity index (χ2n) is 6.40. The van der Waals surface area contributed by atoms with Gasteiger partial charge in [-0.15, -0.1) is 11.3 Å². The number of thiophene rings is 1. The molecule has 0 aromatic carbocycles. The molecule has 0 saturated carbocycles. The Bertz CT molecular complexity index is 949. The van der Waals surface area contributed by atoms with Crippen LogP contribution in [-0.4, -0.2) is 42.1 Å². The van der Waals surface area contributed by atoms with Crippen molar-refractivity contribution in [1.29, 1.82) is 0 Å². The summed E-state index contributed by atoms with van der Waals surface area (Å²) in [6, 6.07) is 11.6. The Hall–Kier alpha value is -2.77. The van der Waals surface area contributed by atoms with E-state index in [9.17, 15) is 4.79 Å². The first-order valence-electron chi connectivity index (χ1n) is 8.95. The first-order valence-corrected chi connectivity index (χ1v) is 9.77. The Kier molecular flexibility index (Phi) is 5.13. The van der Waals surface area contributed by atoms with Crippen molar-refractivity contribution in [1.82, 2.24) is 15.3 Å². The summed E-state index contributed by atoms with van der Waals surface area (Å²) >= 11 is 1.67. The van der Waals surface area contributed by atoms with Gasteiger partial charge in [-0.1, -0.05) is 6.07 Å². The van der Waals surface area contributed by atoms with Crippen LogP contribution in [0, 0.1) is 6.92 Å². The summed E-state index contributed by atoms with van der Waals surface area (Å²) in [7, 11) is 0. The molecule has 0 atom stereocenters. The highest BCUT2D eigenvalue weighted by atomic mass is 32.1. The van der Waals surface area contributed by atoms with E-state index in [1.54, 1.807) is 29.8 Å². The number of nitrogens with zero attached hydrogens (tertiary/aromatic N) is 3. The molecular weight excluding hydrogens is 358 g/mol. The van der Waals surface area contributed by atoms with Crippen LogP contribution in [0.3, 0.4) is 0 Å². The van der Waals surface area contributed by atoms with Crippen LogP contribution in [0.2, 0.25) is 0 Å². The van der Waals surface area contributed by atoms with Crippen LogP contribution in [0.1, 0.15) is 15.4 Å². The van der Waals surface area contributed by atoms with E-state index in [4.69, 9.17) is 0 Å². The molecule has 0 aliphatic carbocycles. The molecule has 1 aliphatic rings. The van der Waals surface area contributed by atoms with Gasteiger partial charge in [-0.2, -0.15) is 0 Å². The zero-order valence-electron chi connectivity index (χ0n) is 15.1. The predicted molar refractivity (Wildman–Crippen MR) is 110 cm³/mol. The zero-order chi connectivity index (χ0) is 18.6. The van der Waals surface area contributed by atoms with Gasteiger partial charge in [0, 0.05) is 37.3 Å². The summed E-state index contributed by atoms with van der Waals surface area (Å²) in [6.45, 7) is 5.72. The molecule has 0 bridgehead atoms. The third-order valence-corrected chi connectivity index (χ3v) is 5.50. The van der Waals surface area contributed by atoms with Crippen molar-refractivity contribution in [2.24, 2.45) is 0 Å². The highest BCUT2D eigenvalue weighted by Gasteiger charge is 2.17. The average molecular weight is 379 g/mol. The molecular formula is C20H21N5OS. The van der Waals surface area contributed by atoms with Crippen molar-refractivity contribution >= 4 is 28.6 Å². The van der Waals surface area contributed by atoms with Gasteiger partial charge in [0.25, 0.3) is 5.91 Å². The fraction of sp³-hybridized carbons (Fsp3) is 0.250. The van der Waals surface area contributed by atoms with E-state index >= 15 is 0 Å². The molecule has 2 N–H and O–H groups in total. The summed E-state index contributed by atoms with van der Waals surface area (Å²) in [5.41, 5.74) is 2.91. The minimum absolute atomic E-state index is 0.227.